The fourth-order valence-corrected chi connectivity index (χ4v) is 2.12. The number of nitrogens with zero attached hydrogens (tertiary/aromatic N) is 2. The molecule has 5 heteroatoms. The third-order valence-corrected chi connectivity index (χ3v) is 3.20. The smallest absolute Gasteiger partial charge is 0.131 e. The van der Waals surface area contributed by atoms with Crippen LogP contribution in [0.2, 0.25) is 5.02 Å². The molecule has 3 nitrogen and oxygen atoms in total. The van der Waals surface area contributed by atoms with Crippen LogP contribution in [-0.2, 0) is 6.42 Å². The van der Waals surface area contributed by atoms with Crippen molar-refractivity contribution in [2.75, 3.05) is 5.73 Å². The van der Waals surface area contributed by atoms with E-state index in [0.29, 0.717) is 27.9 Å². The molecule has 0 aliphatic rings. The summed E-state index contributed by atoms with van der Waals surface area (Å²) in [6.07, 6.45) is 1.68. The monoisotopic (exact) mass is 279 g/mol. The van der Waals surface area contributed by atoms with Gasteiger partial charge in [0.25, 0.3) is 0 Å². The number of hydrogen-bond donors (Lipinski definition) is 1. The number of rotatable bonds is 3. The maximum absolute atomic E-state index is 13.1. The molecular formula is C14H15ClFN3. The van der Waals surface area contributed by atoms with E-state index in [2.05, 4.69) is 9.97 Å². The van der Waals surface area contributed by atoms with E-state index < -0.39 is 0 Å². The normalized spacial score (nSPS) is 10.7. The Hall–Kier alpha value is -1.68. The van der Waals surface area contributed by atoms with Gasteiger partial charge in [-0.1, -0.05) is 18.5 Å². The Bertz CT molecular complexity index is 614. The highest BCUT2D eigenvalue weighted by molar-refractivity contribution is 6.33. The Morgan fingerprint density at radius 2 is 2.05 bits per heavy atom. The highest BCUT2D eigenvalue weighted by Crippen LogP contribution is 2.31. The summed E-state index contributed by atoms with van der Waals surface area (Å²) in [6, 6.07) is 4.24. The molecule has 0 amide bonds. The van der Waals surface area contributed by atoms with Crippen LogP contribution in [0.3, 0.4) is 0 Å². The van der Waals surface area contributed by atoms with Crippen molar-refractivity contribution in [1.29, 1.82) is 0 Å². The molecule has 0 saturated heterocycles. The molecule has 0 aliphatic carbocycles. The first kappa shape index (κ1) is 13.7. The van der Waals surface area contributed by atoms with E-state index in [1.807, 2.05) is 13.8 Å². The maximum atomic E-state index is 13.1. The van der Waals surface area contributed by atoms with Crippen molar-refractivity contribution in [3.63, 3.8) is 0 Å². The van der Waals surface area contributed by atoms with E-state index in [0.717, 1.165) is 18.4 Å². The molecule has 2 N–H and O–H groups in total. The predicted molar refractivity (Wildman–Crippen MR) is 75.6 cm³/mol. The summed E-state index contributed by atoms with van der Waals surface area (Å²) in [5, 5.41) is 0.323. The lowest BCUT2D eigenvalue weighted by molar-refractivity contribution is 0.628. The number of nitrogens with two attached hydrogens (primary N) is 1. The fourth-order valence-electron chi connectivity index (χ4n) is 1.86. The molecule has 0 unspecified atom stereocenters. The summed E-state index contributed by atoms with van der Waals surface area (Å²) in [6.45, 7) is 3.88. The Morgan fingerprint density at radius 3 is 2.68 bits per heavy atom. The third kappa shape index (κ3) is 2.84. The minimum Gasteiger partial charge on any atom is -0.383 e. The molecule has 0 spiro atoms. The van der Waals surface area contributed by atoms with Gasteiger partial charge in [0.1, 0.15) is 17.5 Å². The first-order valence-electron chi connectivity index (χ1n) is 6.11. The molecule has 2 rings (SSSR count). The van der Waals surface area contributed by atoms with Gasteiger partial charge in [0.05, 0.1) is 10.7 Å². The van der Waals surface area contributed by atoms with Crippen LogP contribution in [0.25, 0.3) is 11.3 Å². The number of halogens is 2. The Morgan fingerprint density at radius 1 is 1.32 bits per heavy atom. The average Bonchev–Trinajstić information content (AvgIpc) is 2.34. The second kappa shape index (κ2) is 5.53. The van der Waals surface area contributed by atoms with E-state index in [1.54, 1.807) is 6.07 Å². The van der Waals surface area contributed by atoms with Crippen LogP contribution in [0.1, 0.15) is 24.7 Å². The first-order valence-corrected chi connectivity index (χ1v) is 6.49. The second-order valence-electron chi connectivity index (χ2n) is 4.37. The van der Waals surface area contributed by atoms with Crippen molar-refractivity contribution in [3.8, 4) is 11.3 Å². The van der Waals surface area contributed by atoms with Gasteiger partial charge < -0.3 is 5.73 Å². The molecule has 0 aliphatic heterocycles. The fraction of sp³-hybridized carbons (Fsp3) is 0.286. The van der Waals surface area contributed by atoms with Gasteiger partial charge in [-0.25, -0.2) is 14.4 Å². The lowest BCUT2D eigenvalue weighted by Crippen LogP contribution is -2.05. The zero-order valence-corrected chi connectivity index (χ0v) is 11.6. The Kier molecular flexibility index (Phi) is 4.00. The number of nitrogen functional groups attached to an aromatic ring is 1. The highest BCUT2D eigenvalue weighted by Gasteiger charge is 2.13. The van der Waals surface area contributed by atoms with Gasteiger partial charge in [-0.05, 0) is 31.5 Å². The second-order valence-corrected chi connectivity index (χ2v) is 4.78. The highest BCUT2D eigenvalue weighted by atomic mass is 35.5. The minimum atomic E-state index is -0.373. The third-order valence-electron chi connectivity index (χ3n) is 2.89. The molecule has 1 aromatic carbocycles. The molecule has 19 heavy (non-hydrogen) atoms. The zero-order chi connectivity index (χ0) is 14.0. The summed E-state index contributed by atoms with van der Waals surface area (Å²) in [7, 11) is 0. The summed E-state index contributed by atoms with van der Waals surface area (Å²) in [5.41, 5.74) is 8.00. The van der Waals surface area contributed by atoms with Crippen molar-refractivity contribution >= 4 is 17.4 Å². The van der Waals surface area contributed by atoms with Crippen molar-refractivity contribution in [2.45, 2.75) is 26.7 Å². The largest absolute Gasteiger partial charge is 0.383 e. The molecule has 100 valence electrons. The minimum absolute atomic E-state index is 0.323. The van der Waals surface area contributed by atoms with Crippen molar-refractivity contribution in [3.05, 3.63) is 40.4 Å². The molecule has 0 radical (unpaired) electrons. The van der Waals surface area contributed by atoms with Crippen molar-refractivity contribution in [1.82, 2.24) is 9.97 Å². The molecular weight excluding hydrogens is 265 g/mol. The summed E-state index contributed by atoms with van der Waals surface area (Å²) in [4.78, 5) is 8.73. The molecule has 0 fully saturated rings. The topological polar surface area (TPSA) is 51.8 Å². The van der Waals surface area contributed by atoms with E-state index in [4.69, 9.17) is 17.3 Å². The molecule has 1 aromatic heterocycles. The molecule has 0 bridgehead atoms. The summed E-state index contributed by atoms with van der Waals surface area (Å²) >= 11 is 6.08. The Balaban J connectivity index is 2.60. The number of benzene rings is 1. The first-order chi connectivity index (χ1) is 9.02. The summed E-state index contributed by atoms with van der Waals surface area (Å²) < 4.78 is 13.1. The van der Waals surface area contributed by atoms with Gasteiger partial charge in [0.15, 0.2) is 0 Å². The molecule has 2 aromatic rings. The van der Waals surface area contributed by atoms with E-state index in [1.165, 1.54) is 12.1 Å². The van der Waals surface area contributed by atoms with Crippen molar-refractivity contribution in [2.24, 2.45) is 0 Å². The van der Waals surface area contributed by atoms with Crippen LogP contribution in [-0.4, -0.2) is 9.97 Å². The van der Waals surface area contributed by atoms with Crippen LogP contribution in [0, 0.1) is 12.7 Å². The zero-order valence-electron chi connectivity index (χ0n) is 10.9. The van der Waals surface area contributed by atoms with Crippen molar-refractivity contribution < 1.29 is 4.39 Å². The van der Waals surface area contributed by atoms with Crippen LogP contribution in [0.4, 0.5) is 10.2 Å². The van der Waals surface area contributed by atoms with Crippen LogP contribution < -0.4 is 5.73 Å². The van der Waals surface area contributed by atoms with Gasteiger partial charge in [-0.2, -0.15) is 0 Å². The maximum Gasteiger partial charge on any atom is 0.131 e. The lowest BCUT2D eigenvalue weighted by atomic mass is 10.1. The lowest BCUT2D eigenvalue weighted by Gasteiger charge is -2.11. The average molecular weight is 280 g/mol. The van der Waals surface area contributed by atoms with E-state index >= 15 is 0 Å². The summed E-state index contributed by atoms with van der Waals surface area (Å²) in [5.74, 6) is 0.747. The number of anilines is 1. The van der Waals surface area contributed by atoms with Gasteiger partial charge >= 0.3 is 0 Å². The quantitative estimate of drug-likeness (QED) is 0.930. The van der Waals surface area contributed by atoms with Gasteiger partial charge in [-0.15, -0.1) is 0 Å². The molecule has 0 atom stereocenters. The number of hydrogen-bond acceptors (Lipinski definition) is 3. The van der Waals surface area contributed by atoms with Gasteiger partial charge in [0.2, 0.25) is 0 Å². The van der Waals surface area contributed by atoms with E-state index in [-0.39, 0.29) is 5.82 Å². The number of aryl methyl sites for hydroxylation is 1. The SMILES string of the molecule is CCCc1nc(N)c(C)c(-c2ccc(F)cc2Cl)n1. The van der Waals surface area contributed by atoms with Crippen LogP contribution in [0.5, 0.6) is 0 Å². The van der Waals surface area contributed by atoms with Crippen LogP contribution in [0.15, 0.2) is 18.2 Å². The Labute approximate surface area is 116 Å². The molecule has 0 saturated carbocycles. The standard InChI is InChI=1S/C14H15ClFN3/c1-3-4-12-18-13(8(2)14(17)19-12)10-6-5-9(16)7-11(10)15/h5-7H,3-4H2,1-2H3,(H2,17,18,19). The van der Waals surface area contributed by atoms with Crippen LogP contribution >= 0.6 is 11.6 Å². The van der Waals surface area contributed by atoms with Gasteiger partial charge in [-0.3, -0.25) is 0 Å². The predicted octanol–water partition coefficient (Wildman–Crippen LogP) is 3.78. The molecule has 1 heterocycles. The number of aromatic nitrogens is 2. The van der Waals surface area contributed by atoms with E-state index in [9.17, 15) is 4.39 Å². The van der Waals surface area contributed by atoms with Gasteiger partial charge in [0, 0.05) is 17.5 Å².